The summed E-state index contributed by atoms with van der Waals surface area (Å²) in [5.74, 6) is -0.707. The fourth-order valence-corrected chi connectivity index (χ4v) is 9.80. The molecule has 1 saturated heterocycles. The van der Waals surface area contributed by atoms with Crippen LogP contribution in [-0.4, -0.2) is 104 Å². The van der Waals surface area contributed by atoms with E-state index in [1.807, 2.05) is 0 Å². The van der Waals surface area contributed by atoms with Crippen LogP contribution in [0.1, 0.15) is 64.7 Å². The molecule has 0 radical (unpaired) electrons. The number of hydrogen-bond acceptors (Lipinski definition) is 11. The molecule has 11 heteroatoms. The van der Waals surface area contributed by atoms with Crippen LogP contribution in [0.25, 0.3) is 0 Å². The Kier molecular flexibility index (Phi) is 7.03. The smallest absolute Gasteiger partial charge is 0.331 e. The molecule has 4 saturated carbocycles. The molecule has 6 aliphatic rings. The predicted molar refractivity (Wildman–Crippen MR) is 136 cm³/mol. The molecule has 2 heterocycles. The fraction of sp³-hybridized carbons (Fsp3) is 0.862. The first-order valence-corrected chi connectivity index (χ1v) is 14.7. The SMILES string of the molecule is C[C@]12CC[C@H]3[C@@H](CC[C@]4(O)C[C@@H](O[C@@H]5O[C@H](CO)[C@@H](O)[C@@H](O)[C@H]5O)CC[C@]34C=O)[C@@]1(O)CC[C@@H]2C1=CC(=O)OC1. The number of carbonyl (C=O) groups is 2. The Morgan fingerprint density at radius 2 is 1.75 bits per heavy atom. The lowest BCUT2D eigenvalue weighted by atomic mass is 9.41. The standard InChI is InChI=1S/C29H42O11/c1-26-6-3-18-19(29(26,37)9-5-17(26)15-10-21(32)38-13-15)4-8-28(36)11-16(2-7-27(18,28)14-31)39-25-24(35)23(34)22(33)20(12-30)40-25/h10,14,16-20,22-25,30,33-37H,2-9,11-13H2,1H3/t16-,17+,18-,19+,20+,22+,23+,24+,25+,26+,27-,28-,29-/m0/s1. The molecule has 2 aliphatic heterocycles. The van der Waals surface area contributed by atoms with Gasteiger partial charge in [-0.2, -0.15) is 0 Å². The molecule has 40 heavy (non-hydrogen) atoms. The van der Waals surface area contributed by atoms with Gasteiger partial charge in [-0.3, -0.25) is 0 Å². The number of cyclic esters (lactones) is 1. The summed E-state index contributed by atoms with van der Waals surface area (Å²) in [7, 11) is 0. The maximum atomic E-state index is 13.0. The van der Waals surface area contributed by atoms with Crippen LogP contribution in [0.4, 0.5) is 0 Å². The second-order valence-corrected chi connectivity index (χ2v) is 13.4. The highest BCUT2D eigenvalue weighted by Crippen LogP contribution is 2.70. The average Bonchev–Trinajstić information content (AvgIpc) is 3.48. The Morgan fingerprint density at radius 1 is 1.00 bits per heavy atom. The molecule has 0 unspecified atom stereocenters. The van der Waals surface area contributed by atoms with E-state index in [-0.39, 0.29) is 36.8 Å². The quantitative estimate of drug-likeness (QED) is 0.146. The lowest BCUT2D eigenvalue weighted by Gasteiger charge is -2.65. The first-order valence-electron chi connectivity index (χ1n) is 14.7. The van der Waals surface area contributed by atoms with Gasteiger partial charge < -0.3 is 49.6 Å². The summed E-state index contributed by atoms with van der Waals surface area (Å²) >= 11 is 0. The van der Waals surface area contributed by atoms with Gasteiger partial charge in [0.05, 0.1) is 29.3 Å². The minimum Gasteiger partial charge on any atom is -0.458 e. The third-order valence-corrected chi connectivity index (χ3v) is 12.0. The Balaban J connectivity index is 1.22. The van der Waals surface area contributed by atoms with Crippen LogP contribution in [0.5, 0.6) is 0 Å². The molecular weight excluding hydrogens is 524 g/mol. The summed E-state index contributed by atoms with van der Waals surface area (Å²) in [6.07, 6.45) is -0.809. The molecule has 6 N–H and O–H groups in total. The van der Waals surface area contributed by atoms with Crippen molar-refractivity contribution in [3.63, 3.8) is 0 Å². The molecule has 0 amide bonds. The molecule has 11 nitrogen and oxygen atoms in total. The van der Waals surface area contributed by atoms with Crippen LogP contribution in [0.3, 0.4) is 0 Å². The summed E-state index contributed by atoms with van der Waals surface area (Å²) in [5, 5.41) is 64.6. The number of esters is 1. The number of aldehydes is 1. The third kappa shape index (κ3) is 3.85. The molecule has 0 aromatic rings. The van der Waals surface area contributed by atoms with Crippen LogP contribution in [0.2, 0.25) is 0 Å². The van der Waals surface area contributed by atoms with Gasteiger partial charge in [-0.1, -0.05) is 6.92 Å². The van der Waals surface area contributed by atoms with E-state index in [0.29, 0.717) is 44.9 Å². The molecule has 6 rings (SSSR count). The fourth-order valence-electron chi connectivity index (χ4n) is 9.80. The van der Waals surface area contributed by atoms with Gasteiger partial charge in [0, 0.05) is 17.9 Å². The molecule has 224 valence electrons. The molecule has 0 spiro atoms. The first-order chi connectivity index (χ1) is 18.9. The monoisotopic (exact) mass is 566 g/mol. The van der Waals surface area contributed by atoms with E-state index in [0.717, 1.165) is 18.3 Å². The van der Waals surface area contributed by atoms with Crippen molar-refractivity contribution in [2.75, 3.05) is 13.2 Å². The Hall–Kier alpha value is -1.44. The van der Waals surface area contributed by atoms with E-state index >= 15 is 0 Å². The highest BCUT2D eigenvalue weighted by atomic mass is 16.7. The lowest BCUT2D eigenvalue weighted by molar-refractivity contribution is -0.322. The van der Waals surface area contributed by atoms with Crippen molar-refractivity contribution in [2.24, 2.45) is 28.6 Å². The van der Waals surface area contributed by atoms with Crippen molar-refractivity contribution in [3.05, 3.63) is 11.6 Å². The number of aliphatic hydroxyl groups excluding tert-OH is 4. The van der Waals surface area contributed by atoms with Crippen molar-refractivity contribution in [1.82, 2.24) is 0 Å². The van der Waals surface area contributed by atoms with E-state index in [1.165, 1.54) is 0 Å². The highest BCUT2D eigenvalue weighted by Gasteiger charge is 2.71. The topological polar surface area (TPSA) is 183 Å². The summed E-state index contributed by atoms with van der Waals surface area (Å²) in [5.41, 5.74) is -3.01. The Morgan fingerprint density at radius 3 is 2.42 bits per heavy atom. The number of carbonyl (C=O) groups excluding carboxylic acids is 2. The molecule has 5 fully saturated rings. The third-order valence-electron chi connectivity index (χ3n) is 12.0. The number of ether oxygens (including phenoxy) is 3. The Bertz CT molecular complexity index is 1060. The van der Waals surface area contributed by atoms with E-state index in [9.17, 15) is 40.2 Å². The maximum Gasteiger partial charge on any atom is 0.331 e. The van der Waals surface area contributed by atoms with Crippen LogP contribution in [0, 0.1) is 28.6 Å². The van der Waals surface area contributed by atoms with E-state index in [1.54, 1.807) is 6.08 Å². The van der Waals surface area contributed by atoms with Crippen molar-refractivity contribution in [2.45, 2.75) is 113 Å². The number of hydrogen-bond donors (Lipinski definition) is 6. The molecule has 4 aliphatic carbocycles. The van der Waals surface area contributed by atoms with Crippen molar-refractivity contribution < 1.29 is 54.4 Å². The first kappa shape index (κ1) is 28.7. The van der Waals surface area contributed by atoms with Crippen molar-refractivity contribution in [1.29, 1.82) is 0 Å². The van der Waals surface area contributed by atoms with E-state index in [4.69, 9.17) is 14.2 Å². The van der Waals surface area contributed by atoms with Gasteiger partial charge in [0.15, 0.2) is 6.29 Å². The minimum atomic E-state index is -1.57. The molecule has 13 atom stereocenters. The zero-order chi connectivity index (χ0) is 28.7. The summed E-state index contributed by atoms with van der Waals surface area (Å²) in [4.78, 5) is 24.8. The zero-order valence-corrected chi connectivity index (χ0v) is 22.9. The summed E-state index contributed by atoms with van der Waals surface area (Å²) in [6, 6.07) is 0. The van der Waals surface area contributed by atoms with E-state index < -0.39 is 65.4 Å². The largest absolute Gasteiger partial charge is 0.458 e. The second-order valence-electron chi connectivity index (χ2n) is 13.4. The van der Waals surface area contributed by atoms with E-state index in [2.05, 4.69) is 6.92 Å². The van der Waals surface area contributed by atoms with Crippen LogP contribution in [-0.2, 0) is 23.8 Å². The number of aliphatic hydroxyl groups is 6. The molecular formula is C29H42O11. The van der Waals surface area contributed by atoms with Crippen LogP contribution in [0.15, 0.2) is 11.6 Å². The Labute approximate surface area is 233 Å². The van der Waals surface area contributed by atoms with Crippen LogP contribution >= 0.6 is 0 Å². The van der Waals surface area contributed by atoms with Gasteiger partial charge >= 0.3 is 5.97 Å². The van der Waals surface area contributed by atoms with Gasteiger partial charge in [-0.25, -0.2) is 4.79 Å². The normalized spacial score (nSPS) is 54.1. The molecule has 0 aromatic heterocycles. The highest BCUT2D eigenvalue weighted by molar-refractivity contribution is 5.85. The zero-order valence-electron chi connectivity index (χ0n) is 22.9. The minimum absolute atomic E-state index is 0.0283. The average molecular weight is 567 g/mol. The predicted octanol–water partition coefficient (Wildman–Crippen LogP) is -0.278. The number of fused-ring (bicyclic) bond motifs is 5. The summed E-state index contributed by atoms with van der Waals surface area (Å²) < 4.78 is 16.7. The number of rotatable bonds is 5. The molecule has 0 aromatic carbocycles. The summed E-state index contributed by atoms with van der Waals surface area (Å²) in [6.45, 7) is 1.79. The van der Waals surface area contributed by atoms with Gasteiger partial charge in [0.2, 0.25) is 0 Å². The van der Waals surface area contributed by atoms with Gasteiger partial charge in [0.25, 0.3) is 0 Å². The maximum absolute atomic E-state index is 13.0. The van der Waals surface area contributed by atoms with Crippen molar-refractivity contribution in [3.8, 4) is 0 Å². The van der Waals surface area contributed by atoms with Gasteiger partial charge in [0.1, 0.15) is 37.3 Å². The van der Waals surface area contributed by atoms with Gasteiger partial charge in [-0.05, 0) is 74.7 Å². The van der Waals surface area contributed by atoms with Crippen LogP contribution < -0.4 is 0 Å². The van der Waals surface area contributed by atoms with Crippen molar-refractivity contribution >= 4 is 12.3 Å². The second kappa shape index (κ2) is 9.80. The van der Waals surface area contributed by atoms with Gasteiger partial charge in [-0.15, -0.1) is 0 Å². The lowest BCUT2D eigenvalue weighted by Crippen LogP contribution is -2.69. The molecule has 0 bridgehead atoms.